The lowest BCUT2D eigenvalue weighted by Gasteiger charge is -2.10. The molecule has 5 rings (SSSR count). The van der Waals surface area contributed by atoms with Crippen molar-refractivity contribution in [2.75, 3.05) is 5.73 Å². The summed E-state index contributed by atoms with van der Waals surface area (Å²) in [6.07, 6.45) is 3.12. The Labute approximate surface area is 165 Å². The van der Waals surface area contributed by atoms with Crippen molar-refractivity contribution >= 4 is 22.8 Å². The van der Waals surface area contributed by atoms with Crippen LogP contribution in [0.5, 0.6) is 5.75 Å². The van der Waals surface area contributed by atoms with Gasteiger partial charge in [-0.05, 0) is 36.1 Å². The first-order valence-electron chi connectivity index (χ1n) is 9.21. The van der Waals surface area contributed by atoms with Gasteiger partial charge in [0.1, 0.15) is 23.6 Å². The molecule has 4 aromatic rings. The molecule has 0 saturated heterocycles. The number of benzene rings is 2. The van der Waals surface area contributed by atoms with Gasteiger partial charge in [0.25, 0.3) is 5.91 Å². The maximum atomic E-state index is 11.4. The van der Waals surface area contributed by atoms with E-state index in [0.717, 1.165) is 12.8 Å². The Morgan fingerprint density at radius 3 is 2.48 bits per heavy atom. The van der Waals surface area contributed by atoms with E-state index < -0.39 is 5.91 Å². The quantitative estimate of drug-likeness (QED) is 0.494. The molecule has 0 aliphatic heterocycles. The molecule has 144 valence electrons. The van der Waals surface area contributed by atoms with Crippen LogP contribution < -0.4 is 11.5 Å². The number of hydrogen-bond donors (Lipinski definition) is 3. The lowest BCUT2D eigenvalue weighted by molar-refractivity contribution is 0.0998. The Morgan fingerprint density at radius 1 is 1.10 bits per heavy atom. The van der Waals surface area contributed by atoms with Crippen LogP contribution in [0.25, 0.3) is 22.3 Å². The third-order valence-electron chi connectivity index (χ3n) is 5.43. The van der Waals surface area contributed by atoms with E-state index >= 15 is 0 Å². The summed E-state index contributed by atoms with van der Waals surface area (Å²) in [4.78, 5) is 20.0. The van der Waals surface area contributed by atoms with Crippen LogP contribution in [0.3, 0.4) is 0 Å². The largest absolute Gasteiger partial charge is 0.507 e. The molecule has 0 unspecified atom stereocenters. The topological polar surface area (TPSA) is 133 Å². The standard InChI is InChI=1S/C21H18N6O2/c22-19-17-18(13-5-6-15(20(23)29)16(28)9-13)26-27(21(17)25-10-24-19)14-7-11-3-1-2-4-12(11)8-14/h1-6,9-10,14,28H,7-8H2,(H2,23,29)(H2,22,24,25). The number of primary amides is 1. The van der Waals surface area contributed by atoms with E-state index in [2.05, 4.69) is 22.1 Å². The van der Waals surface area contributed by atoms with E-state index in [9.17, 15) is 9.90 Å². The number of carbonyl (C=O) groups is 1. The molecule has 2 heterocycles. The lowest BCUT2D eigenvalue weighted by Crippen LogP contribution is -2.11. The highest BCUT2D eigenvalue weighted by Gasteiger charge is 2.27. The highest BCUT2D eigenvalue weighted by Crippen LogP contribution is 2.37. The molecule has 2 aromatic carbocycles. The zero-order chi connectivity index (χ0) is 20.1. The molecule has 8 heteroatoms. The Bertz CT molecular complexity index is 1250. The molecule has 8 nitrogen and oxygen atoms in total. The van der Waals surface area contributed by atoms with Gasteiger partial charge in [0, 0.05) is 5.56 Å². The van der Waals surface area contributed by atoms with Crippen molar-refractivity contribution in [1.29, 1.82) is 0 Å². The number of amides is 1. The smallest absolute Gasteiger partial charge is 0.252 e. The second-order valence-corrected chi connectivity index (χ2v) is 7.18. The number of nitrogen functional groups attached to an aromatic ring is 1. The van der Waals surface area contributed by atoms with Crippen LogP contribution in [0.1, 0.15) is 27.5 Å². The van der Waals surface area contributed by atoms with Crippen molar-refractivity contribution < 1.29 is 9.90 Å². The minimum atomic E-state index is -0.698. The van der Waals surface area contributed by atoms with Crippen LogP contribution in [0.4, 0.5) is 5.82 Å². The van der Waals surface area contributed by atoms with Crippen LogP contribution in [-0.2, 0) is 12.8 Å². The maximum Gasteiger partial charge on any atom is 0.252 e. The van der Waals surface area contributed by atoms with E-state index in [-0.39, 0.29) is 17.4 Å². The Kier molecular flexibility index (Phi) is 3.73. The Balaban J connectivity index is 1.66. The van der Waals surface area contributed by atoms with Crippen molar-refractivity contribution in [2.24, 2.45) is 5.73 Å². The van der Waals surface area contributed by atoms with Gasteiger partial charge < -0.3 is 16.6 Å². The summed E-state index contributed by atoms with van der Waals surface area (Å²) < 4.78 is 1.89. The number of rotatable bonds is 3. The minimum Gasteiger partial charge on any atom is -0.507 e. The molecule has 0 spiro atoms. The van der Waals surface area contributed by atoms with E-state index in [1.807, 2.05) is 16.8 Å². The van der Waals surface area contributed by atoms with E-state index in [1.165, 1.54) is 29.6 Å². The Hall–Kier alpha value is -3.94. The molecule has 0 fully saturated rings. The summed E-state index contributed by atoms with van der Waals surface area (Å²) in [6, 6.07) is 13.1. The fraction of sp³-hybridized carbons (Fsp3) is 0.143. The van der Waals surface area contributed by atoms with Crippen LogP contribution in [-0.4, -0.2) is 30.8 Å². The maximum absolute atomic E-state index is 11.4. The average Bonchev–Trinajstić information content (AvgIpc) is 3.29. The van der Waals surface area contributed by atoms with Gasteiger partial charge in [-0.2, -0.15) is 5.10 Å². The summed E-state index contributed by atoms with van der Waals surface area (Å²) >= 11 is 0. The number of aromatic nitrogens is 4. The molecule has 29 heavy (non-hydrogen) atoms. The molecule has 1 aliphatic carbocycles. The average molecular weight is 386 g/mol. The molecule has 1 amide bonds. The van der Waals surface area contributed by atoms with Gasteiger partial charge in [-0.3, -0.25) is 4.79 Å². The van der Waals surface area contributed by atoms with Crippen molar-refractivity contribution in [3.05, 3.63) is 65.5 Å². The van der Waals surface area contributed by atoms with Crippen LogP contribution in [0.2, 0.25) is 0 Å². The van der Waals surface area contributed by atoms with Crippen LogP contribution in [0, 0.1) is 0 Å². The first-order valence-corrected chi connectivity index (χ1v) is 9.21. The molecule has 2 aromatic heterocycles. The van der Waals surface area contributed by atoms with Crippen LogP contribution in [0.15, 0.2) is 48.8 Å². The first kappa shape index (κ1) is 17.2. The van der Waals surface area contributed by atoms with Crippen molar-refractivity contribution in [1.82, 2.24) is 19.7 Å². The fourth-order valence-electron chi connectivity index (χ4n) is 4.05. The number of nitrogens with two attached hydrogens (primary N) is 2. The van der Waals surface area contributed by atoms with Crippen LogP contribution >= 0.6 is 0 Å². The number of anilines is 1. The van der Waals surface area contributed by atoms with Gasteiger partial charge in [-0.1, -0.05) is 30.3 Å². The summed E-state index contributed by atoms with van der Waals surface area (Å²) in [7, 11) is 0. The SMILES string of the molecule is NC(=O)c1ccc(-c2nn(C3Cc4ccccc4C3)c3ncnc(N)c23)cc1O. The summed E-state index contributed by atoms with van der Waals surface area (Å²) in [5, 5.41) is 15.6. The van der Waals surface area contributed by atoms with Crippen molar-refractivity contribution in [2.45, 2.75) is 18.9 Å². The highest BCUT2D eigenvalue weighted by molar-refractivity contribution is 6.00. The summed E-state index contributed by atoms with van der Waals surface area (Å²) in [5.41, 5.74) is 15.9. The third kappa shape index (κ3) is 2.68. The number of aromatic hydroxyl groups is 1. The first-order chi connectivity index (χ1) is 14.0. The molecule has 0 bridgehead atoms. The third-order valence-corrected chi connectivity index (χ3v) is 5.43. The predicted molar refractivity (Wildman–Crippen MR) is 108 cm³/mol. The molecule has 1 aliphatic rings. The van der Waals surface area contributed by atoms with Gasteiger partial charge in [-0.15, -0.1) is 0 Å². The monoisotopic (exact) mass is 386 g/mol. The van der Waals surface area contributed by atoms with Gasteiger partial charge in [0.2, 0.25) is 0 Å². The number of carbonyl (C=O) groups excluding carboxylic acids is 1. The highest BCUT2D eigenvalue weighted by atomic mass is 16.3. The minimum absolute atomic E-state index is 0.0490. The number of fused-ring (bicyclic) bond motifs is 2. The number of nitrogens with zero attached hydrogens (tertiary/aromatic N) is 4. The predicted octanol–water partition coefficient (Wildman–Crippen LogP) is 2.22. The Morgan fingerprint density at radius 2 is 1.83 bits per heavy atom. The molecule has 0 saturated carbocycles. The molecule has 0 radical (unpaired) electrons. The van der Waals surface area contributed by atoms with Gasteiger partial charge in [0.15, 0.2) is 5.65 Å². The van der Waals surface area contributed by atoms with E-state index in [4.69, 9.17) is 16.6 Å². The van der Waals surface area contributed by atoms with E-state index in [0.29, 0.717) is 28.1 Å². The molecular weight excluding hydrogens is 368 g/mol. The molecule has 0 atom stereocenters. The van der Waals surface area contributed by atoms with Gasteiger partial charge in [0.05, 0.1) is 17.0 Å². The second-order valence-electron chi connectivity index (χ2n) is 7.18. The normalized spacial score (nSPS) is 13.7. The van der Waals surface area contributed by atoms with Gasteiger partial charge >= 0.3 is 0 Å². The molecular formula is C21H18N6O2. The zero-order valence-corrected chi connectivity index (χ0v) is 15.4. The summed E-state index contributed by atoms with van der Waals surface area (Å²) in [6.45, 7) is 0. The van der Waals surface area contributed by atoms with Crippen molar-refractivity contribution in [3.63, 3.8) is 0 Å². The van der Waals surface area contributed by atoms with Crippen molar-refractivity contribution in [3.8, 4) is 17.0 Å². The fourth-order valence-corrected chi connectivity index (χ4v) is 4.05. The number of hydrogen-bond acceptors (Lipinski definition) is 6. The van der Waals surface area contributed by atoms with E-state index in [1.54, 1.807) is 6.07 Å². The zero-order valence-electron chi connectivity index (χ0n) is 15.4. The molecule has 5 N–H and O–H groups in total. The lowest BCUT2D eigenvalue weighted by atomic mass is 10.1. The summed E-state index contributed by atoms with van der Waals surface area (Å²) in [5.74, 6) is -0.595. The second kappa shape index (κ2) is 6.30. The van der Waals surface area contributed by atoms with Gasteiger partial charge in [-0.25, -0.2) is 14.6 Å². The number of phenols is 1.